The van der Waals surface area contributed by atoms with Crippen LogP contribution in [-0.2, 0) is 5.41 Å². The molecule has 0 bridgehead atoms. The molecule has 7 rings (SSSR count). The lowest BCUT2D eigenvalue weighted by molar-refractivity contribution is 0.632. The summed E-state index contributed by atoms with van der Waals surface area (Å²) in [6.07, 6.45) is 1.91. The van der Waals surface area contributed by atoms with Crippen LogP contribution in [0.2, 0.25) is 0 Å². The van der Waals surface area contributed by atoms with E-state index in [2.05, 4.69) is 115 Å². The summed E-state index contributed by atoms with van der Waals surface area (Å²) in [4.78, 5) is 11.8. The van der Waals surface area contributed by atoms with Crippen molar-refractivity contribution in [3.63, 3.8) is 0 Å². The van der Waals surface area contributed by atoms with Crippen LogP contribution < -0.4 is 4.90 Å². The van der Waals surface area contributed by atoms with Gasteiger partial charge in [0.1, 0.15) is 0 Å². The number of aromatic nitrogens is 2. The second kappa shape index (κ2) is 8.67. The maximum atomic E-state index is 4.87. The first-order chi connectivity index (χ1) is 18.6. The van der Waals surface area contributed by atoms with Crippen LogP contribution in [0.5, 0.6) is 0 Å². The van der Waals surface area contributed by atoms with E-state index in [-0.39, 0.29) is 5.41 Å². The minimum Gasteiger partial charge on any atom is -0.310 e. The van der Waals surface area contributed by atoms with Crippen molar-refractivity contribution < 1.29 is 0 Å². The Hall–Kier alpha value is -4.76. The van der Waals surface area contributed by atoms with Gasteiger partial charge in [-0.3, -0.25) is 0 Å². The van der Waals surface area contributed by atoms with Crippen molar-refractivity contribution in [2.24, 2.45) is 0 Å². The third kappa shape index (κ3) is 3.59. The first-order valence-electron chi connectivity index (χ1n) is 13.0. The van der Waals surface area contributed by atoms with E-state index >= 15 is 0 Å². The largest absolute Gasteiger partial charge is 0.310 e. The number of rotatable bonds is 3. The molecule has 0 N–H and O–H groups in total. The lowest BCUT2D eigenvalue weighted by Gasteiger charge is -2.42. The first-order valence-corrected chi connectivity index (χ1v) is 13.0. The van der Waals surface area contributed by atoms with Crippen molar-refractivity contribution >= 4 is 28.0 Å². The first kappa shape index (κ1) is 22.4. The van der Waals surface area contributed by atoms with Crippen LogP contribution in [0, 0.1) is 0 Å². The summed E-state index contributed by atoms with van der Waals surface area (Å²) in [5.74, 6) is 0.746. The van der Waals surface area contributed by atoms with E-state index in [0.29, 0.717) is 0 Å². The van der Waals surface area contributed by atoms with Crippen molar-refractivity contribution in [3.05, 3.63) is 139 Å². The topological polar surface area (TPSA) is 29.0 Å². The summed E-state index contributed by atoms with van der Waals surface area (Å²) in [5.41, 5.74) is 10.5. The van der Waals surface area contributed by atoms with Crippen LogP contribution in [0.4, 0.5) is 17.1 Å². The Bertz CT molecular complexity index is 1740. The SMILES string of the molecule is CC1(C)c2ccccc2N(c2ccc(-c3ccc4cnc(-c5ccccc5)nc4c3)cc2)c2ccccc21. The summed E-state index contributed by atoms with van der Waals surface area (Å²) < 4.78 is 0. The second-order valence-corrected chi connectivity index (χ2v) is 10.4. The standard InChI is InChI=1S/C35H27N3/c1-35(2)29-12-6-8-14-32(29)38(33-15-9-7-13-30(33)35)28-20-18-24(19-21-28)26-16-17-27-23-36-34(37-31(27)22-26)25-10-4-3-5-11-25/h3-23H,1-2H3. The van der Waals surface area contributed by atoms with Crippen LogP contribution in [0.1, 0.15) is 25.0 Å². The molecule has 0 aliphatic carbocycles. The van der Waals surface area contributed by atoms with Crippen LogP contribution >= 0.6 is 0 Å². The van der Waals surface area contributed by atoms with E-state index < -0.39 is 0 Å². The molecule has 6 aromatic rings. The average Bonchev–Trinajstić information content (AvgIpc) is 2.98. The van der Waals surface area contributed by atoms with Crippen LogP contribution in [0.25, 0.3) is 33.4 Å². The van der Waals surface area contributed by atoms with Gasteiger partial charge >= 0.3 is 0 Å². The molecule has 0 saturated carbocycles. The Balaban J connectivity index is 1.28. The molecule has 2 heterocycles. The zero-order chi connectivity index (χ0) is 25.7. The third-order valence-corrected chi connectivity index (χ3v) is 7.71. The van der Waals surface area contributed by atoms with Crippen LogP contribution in [-0.4, -0.2) is 9.97 Å². The van der Waals surface area contributed by atoms with E-state index in [1.54, 1.807) is 0 Å². The molecule has 0 fully saturated rings. The predicted molar refractivity (Wildman–Crippen MR) is 157 cm³/mol. The Morgan fingerprint density at radius 3 is 1.87 bits per heavy atom. The Morgan fingerprint density at radius 1 is 0.579 bits per heavy atom. The van der Waals surface area contributed by atoms with E-state index in [0.717, 1.165) is 39.1 Å². The molecule has 3 nitrogen and oxygen atoms in total. The number of fused-ring (bicyclic) bond motifs is 3. The lowest BCUT2D eigenvalue weighted by Crippen LogP contribution is -2.30. The molecule has 0 radical (unpaired) electrons. The number of anilines is 3. The highest BCUT2D eigenvalue weighted by molar-refractivity contribution is 5.88. The molecule has 3 heteroatoms. The summed E-state index contributed by atoms with van der Waals surface area (Å²) in [6.45, 7) is 4.63. The molecule has 0 saturated heterocycles. The molecule has 1 aliphatic heterocycles. The van der Waals surface area contributed by atoms with Crippen molar-refractivity contribution in [3.8, 4) is 22.5 Å². The van der Waals surface area contributed by atoms with Crippen molar-refractivity contribution in [1.82, 2.24) is 9.97 Å². The fourth-order valence-corrected chi connectivity index (χ4v) is 5.68. The van der Waals surface area contributed by atoms with Crippen molar-refractivity contribution in [2.75, 3.05) is 4.90 Å². The van der Waals surface area contributed by atoms with Gasteiger partial charge in [0, 0.05) is 28.2 Å². The number of hydrogen-bond donors (Lipinski definition) is 0. The van der Waals surface area contributed by atoms with Gasteiger partial charge in [-0.05, 0) is 52.6 Å². The monoisotopic (exact) mass is 489 g/mol. The molecule has 182 valence electrons. The Kier molecular flexibility index (Phi) is 5.12. The molecular formula is C35H27N3. The highest BCUT2D eigenvalue weighted by Gasteiger charge is 2.36. The fourth-order valence-electron chi connectivity index (χ4n) is 5.68. The second-order valence-electron chi connectivity index (χ2n) is 10.4. The van der Waals surface area contributed by atoms with Gasteiger partial charge in [0.05, 0.1) is 16.9 Å². The van der Waals surface area contributed by atoms with Crippen LogP contribution in [0.15, 0.2) is 128 Å². The van der Waals surface area contributed by atoms with Gasteiger partial charge < -0.3 is 4.90 Å². The quantitative estimate of drug-likeness (QED) is 0.248. The predicted octanol–water partition coefficient (Wildman–Crippen LogP) is 9.07. The summed E-state index contributed by atoms with van der Waals surface area (Å²) >= 11 is 0. The fraction of sp³-hybridized carbons (Fsp3) is 0.0857. The Labute approximate surface area is 223 Å². The molecule has 1 aromatic heterocycles. The van der Waals surface area contributed by atoms with E-state index in [1.807, 2.05) is 36.5 Å². The smallest absolute Gasteiger partial charge is 0.159 e. The molecule has 0 atom stereocenters. The lowest BCUT2D eigenvalue weighted by atomic mass is 9.73. The normalized spacial score (nSPS) is 13.7. The van der Waals surface area contributed by atoms with E-state index in [4.69, 9.17) is 4.98 Å². The molecule has 38 heavy (non-hydrogen) atoms. The summed E-state index contributed by atoms with van der Waals surface area (Å²) in [6, 6.07) is 42.9. The van der Waals surface area contributed by atoms with Gasteiger partial charge in [0.25, 0.3) is 0 Å². The molecular weight excluding hydrogens is 462 g/mol. The van der Waals surface area contributed by atoms with Crippen molar-refractivity contribution in [2.45, 2.75) is 19.3 Å². The third-order valence-electron chi connectivity index (χ3n) is 7.71. The molecule has 5 aromatic carbocycles. The molecule has 0 spiro atoms. The van der Waals surface area contributed by atoms with Gasteiger partial charge in [-0.25, -0.2) is 9.97 Å². The minimum atomic E-state index is -0.0603. The molecule has 0 unspecified atom stereocenters. The molecule has 0 amide bonds. The minimum absolute atomic E-state index is 0.0603. The summed E-state index contributed by atoms with van der Waals surface area (Å²) in [7, 11) is 0. The Morgan fingerprint density at radius 2 is 1.18 bits per heavy atom. The van der Waals surface area contributed by atoms with Gasteiger partial charge in [0.15, 0.2) is 5.82 Å². The maximum absolute atomic E-state index is 4.87. The zero-order valence-electron chi connectivity index (χ0n) is 21.5. The van der Waals surface area contributed by atoms with E-state index in [9.17, 15) is 0 Å². The zero-order valence-corrected chi connectivity index (χ0v) is 21.5. The summed E-state index contributed by atoms with van der Waals surface area (Å²) in [5, 5.41) is 1.04. The molecule has 1 aliphatic rings. The van der Waals surface area contributed by atoms with Crippen LogP contribution in [0.3, 0.4) is 0 Å². The van der Waals surface area contributed by atoms with Crippen molar-refractivity contribution in [1.29, 1.82) is 0 Å². The maximum Gasteiger partial charge on any atom is 0.159 e. The highest BCUT2D eigenvalue weighted by Crippen LogP contribution is 2.51. The number of para-hydroxylation sites is 2. The number of benzene rings is 5. The van der Waals surface area contributed by atoms with Gasteiger partial charge in [-0.2, -0.15) is 0 Å². The average molecular weight is 490 g/mol. The number of nitrogens with zero attached hydrogens (tertiary/aromatic N) is 3. The van der Waals surface area contributed by atoms with E-state index in [1.165, 1.54) is 22.5 Å². The van der Waals surface area contributed by atoms with Gasteiger partial charge in [0.2, 0.25) is 0 Å². The highest BCUT2D eigenvalue weighted by atomic mass is 15.2. The van der Waals surface area contributed by atoms with Gasteiger partial charge in [-0.1, -0.05) is 105 Å². The van der Waals surface area contributed by atoms with Gasteiger partial charge in [-0.15, -0.1) is 0 Å². The number of hydrogen-bond acceptors (Lipinski definition) is 3.